The van der Waals surface area contributed by atoms with Crippen molar-refractivity contribution in [1.82, 2.24) is 0 Å². The Bertz CT molecular complexity index is 359. The smallest absolute Gasteiger partial charge is 0.334 e. The molecule has 0 aliphatic rings. The van der Waals surface area contributed by atoms with Gasteiger partial charge in [-0.25, -0.2) is 4.79 Å². The van der Waals surface area contributed by atoms with Crippen LogP contribution in [-0.2, 0) is 16.0 Å². The number of aryl methyl sites for hydroxylation is 1. The lowest BCUT2D eigenvalue weighted by molar-refractivity contribution is -0.153. The maximum Gasteiger partial charge on any atom is 0.334 e. The van der Waals surface area contributed by atoms with E-state index in [1.54, 1.807) is 14.0 Å². The van der Waals surface area contributed by atoms with Gasteiger partial charge in [-0.05, 0) is 43.9 Å². The quantitative estimate of drug-likeness (QED) is 0.753. The van der Waals surface area contributed by atoms with Gasteiger partial charge in [0, 0.05) is 0 Å². The molecule has 4 nitrogen and oxygen atoms in total. The summed E-state index contributed by atoms with van der Waals surface area (Å²) < 4.78 is 9.80. The van der Waals surface area contributed by atoms with Crippen LogP contribution in [0.4, 0.5) is 0 Å². The molecule has 0 aliphatic carbocycles. The molecule has 0 heterocycles. The van der Waals surface area contributed by atoms with Gasteiger partial charge in [-0.3, -0.25) is 0 Å². The fraction of sp³-hybridized carbons (Fsp3) is 0.500. The Labute approximate surface area is 108 Å². The fourth-order valence-corrected chi connectivity index (χ4v) is 1.65. The normalized spacial score (nSPS) is 11.9. The Balaban J connectivity index is 2.30. The van der Waals surface area contributed by atoms with Gasteiger partial charge in [0.15, 0.2) is 6.10 Å². The Kier molecular flexibility index (Phi) is 6.22. The number of ether oxygens (including phenoxy) is 2. The van der Waals surface area contributed by atoms with E-state index in [4.69, 9.17) is 9.47 Å². The predicted molar refractivity (Wildman–Crippen MR) is 68.6 cm³/mol. The zero-order valence-electron chi connectivity index (χ0n) is 10.9. The summed E-state index contributed by atoms with van der Waals surface area (Å²) in [6.07, 6.45) is 0.973. The molecule has 0 fully saturated rings. The molecule has 0 aliphatic heterocycles. The Morgan fingerprint density at radius 2 is 2.00 bits per heavy atom. The Hall–Kier alpha value is -1.55. The first-order valence-electron chi connectivity index (χ1n) is 6.15. The SMILES string of the molecule is CCOC(=O)[C@H](O)CCCc1ccc(OC)cc1. The molecular formula is C14H20O4. The van der Waals surface area contributed by atoms with Crippen molar-refractivity contribution >= 4 is 5.97 Å². The Morgan fingerprint density at radius 1 is 1.33 bits per heavy atom. The first-order chi connectivity index (χ1) is 8.67. The van der Waals surface area contributed by atoms with E-state index in [1.807, 2.05) is 24.3 Å². The monoisotopic (exact) mass is 252 g/mol. The molecule has 4 heteroatoms. The summed E-state index contributed by atoms with van der Waals surface area (Å²) in [7, 11) is 1.63. The van der Waals surface area contributed by atoms with Crippen LogP contribution in [0.2, 0.25) is 0 Å². The number of hydrogen-bond donors (Lipinski definition) is 1. The van der Waals surface area contributed by atoms with Crippen LogP contribution in [0.3, 0.4) is 0 Å². The first kappa shape index (κ1) is 14.5. The van der Waals surface area contributed by atoms with Gasteiger partial charge in [-0.15, -0.1) is 0 Å². The largest absolute Gasteiger partial charge is 0.497 e. The molecule has 1 atom stereocenters. The van der Waals surface area contributed by atoms with Crippen LogP contribution in [-0.4, -0.2) is 30.9 Å². The van der Waals surface area contributed by atoms with Crippen LogP contribution in [0.1, 0.15) is 25.3 Å². The molecule has 1 aromatic rings. The van der Waals surface area contributed by atoms with Crippen LogP contribution in [0.15, 0.2) is 24.3 Å². The molecule has 0 aromatic heterocycles. The van der Waals surface area contributed by atoms with Crippen molar-refractivity contribution in [3.8, 4) is 5.75 Å². The minimum atomic E-state index is -1.01. The van der Waals surface area contributed by atoms with Crippen LogP contribution >= 0.6 is 0 Å². The standard InChI is InChI=1S/C14H20O4/c1-3-18-14(16)13(15)6-4-5-11-7-9-12(17-2)10-8-11/h7-10,13,15H,3-6H2,1-2H3/t13-/m1/s1. The van der Waals surface area contributed by atoms with Gasteiger partial charge in [0.1, 0.15) is 5.75 Å². The molecule has 1 rings (SSSR count). The topological polar surface area (TPSA) is 55.8 Å². The number of rotatable bonds is 7. The van der Waals surface area contributed by atoms with E-state index in [-0.39, 0.29) is 0 Å². The van der Waals surface area contributed by atoms with E-state index in [0.717, 1.165) is 24.2 Å². The van der Waals surface area contributed by atoms with Crippen molar-refractivity contribution < 1.29 is 19.4 Å². The lowest BCUT2D eigenvalue weighted by atomic mass is 10.1. The summed E-state index contributed by atoms with van der Waals surface area (Å²) in [6, 6.07) is 7.76. The Morgan fingerprint density at radius 3 is 2.56 bits per heavy atom. The maximum absolute atomic E-state index is 11.2. The maximum atomic E-state index is 11.2. The zero-order valence-corrected chi connectivity index (χ0v) is 10.9. The molecule has 1 N–H and O–H groups in total. The van der Waals surface area contributed by atoms with Crippen molar-refractivity contribution in [3.63, 3.8) is 0 Å². The van der Waals surface area contributed by atoms with E-state index in [2.05, 4.69) is 0 Å². The van der Waals surface area contributed by atoms with Gasteiger partial charge in [-0.1, -0.05) is 12.1 Å². The third kappa shape index (κ3) is 4.75. The lowest BCUT2D eigenvalue weighted by Crippen LogP contribution is -2.23. The summed E-state index contributed by atoms with van der Waals surface area (Å²) in [5, 5.41) is 9.51. The second-order valence-corrected chi connectivity index (χ2v) is 4.01. The molecule has 0 spiro atoms. The highest BCUT2D eigenvalue weighted by Crippen LogP contribution is 2.13. The number of carbonyl (C=O) groups excluding carboxylic acids is 1. The number of hydrogen-bond acceptors (Lipinski definition) is 4. The van der Waals surface area contributed by atoms with Crippen molar-refractivity contribution in [3.05, 3.63) is 29.8 Å². The summed E-state index contributed by atoms with van der Waals surface area (Å²) in [6.45, 7) is 2.02. The van der Waals surface area contributed by atoms with Gasteiger partial charge in [0.2, 0.25) is 0 Å². The molecular weight excluding hydrogens is 232 g/mol. The molecule has 0 bridgehead atoms. The van der Waals surface area contributed by atoms with Crippen molar-refractivity contribution in [2.45, 2.75) is 32.3 Å². The number of aliphatic hydroxyl groups excluding tert-OH is 1. The van der Waals surface area contributed by atoms with Gasteiger partial charge < -0.3 is 14.6 Å². The molecule has 0 unspecified atom stereocenters. The van der Waals surface area contributed by atoms with Crippen LogP contribution in [0.5, 0.6) is 5.75 Å². The lowest BCUT2D eigenvalue weighted by Gasteiger charge is -2.09. The van der Waals surface area contributed by atoms with E-state index in [9.17, 15) is 9.90 Å². The van der Waals surface area contributed by atoms with Gasteiger partial charge in [0.25, 0.3) is 0 Å². The van der Waals surface area contributed by atoms with Crippen LogP contribution < -0.4 is 4.74 Å². The van der Waals surface area contributed by atoms with Crippen LogP contribution in [0.25, 0.3) is 0 Å². The second-order valence-electron chi connectivity index (χ2n) is 4.01. The summed E-state index contributed by atoms with van der Waals surface area (Å²) in [5.74, 6) is 0.289. The minimum absolute atomic E-state index is 0.300. The summed E-state index contributed by atoms with van der Waals surface area (Å²) in [4.78, 5) is 11.2. The molecule has 0 saturated carbocycles. The third-order valence-electron chi connectivity index (χ3n) is 2.66. The predicted octanol–water partition coefficient (Wildman–Crippen LogP) is 1.94. The molecule has 0 radical (unpaired) electrons. The first-order valence-corrected chi connectivity index (χ1v) is 6.15. The van der Waals surface area contributed by atoms with Crippen molar-refractivity contribution in [2.24, 2.45) is 0 Å². The second kappa shape index (κ2) is 7.71. The van der Waals surface area contributed by atoms with Gasteiger partial charge in [-0.2, -0.15) is 0 Å². The van der Waals surface area contributed by atoms with E-state index < -0.39 is 12.1 Å². The highest BCUT2D eigenvalue weighted by molar-refractivity contribution is 5.74. The highest BCUT2D eigenvalue weighted by atomic mass is 16.5. The van der Waals surface area contributed by atoms with Crippen LogP contribution in [0, 0.1) is 0 Å². The molecule has 100 valence electrons. The summed E-state index contributed by atoms with van der Waals surface area (Å²) >= 11 is 0. The molecule has 18 heavy (non-hydrogen) atoms. The number of methoxy groups -OCH3 is 1. The van der Waals surface area contributed by atoms with Gasteiger partial charge >= 0.3 is 5.97 Å². The molecule has 0 saturated heterocycles. The van der Waals surface area contributed by atoms with E-state index in [1.165, 1.54) is 0 Å². The minimum Gasteiger partial charge on any atom is -0.497 e. The van der Waals surface area contributed by atoms with E-state index >= 15 is 0 Å². The zero-order chi connectivity index (χ0) is 13.4. The summed E-state index contributed by atoms with van der Waals surface area (Å²) in [5.41, 5.74) is 1.16. The molecule has 1 aromatic carbocycles. The van der Waals surface area contributed by atoms with E-state index in [0.29, 0.717) is 13.0 Å². The van der Waals surface area contributed by atoms with Crippen molar-refractivity contribution in [1.29, 1.82) is 0 Å². The average molecular weight is 252 g/mol. The van der Waals surface area contributed by atoms with Gasteiger partial charge in [0.05, 0.1) is 13.7 Å². The number of esters is 1. The average Bonchev–Trinajstić information content (AvgIpc) is 2.39. The molecule has 0 amide bonds. The third-order valence-corrected chi connectivity index (χ3v) is 2.66. The van der Waals surface area contributed by atoms with Crippen molar-refractivity contribution in [2.75, 3.05) is 13.7 Å². The number of aliphatic hydroxyl groups is 1. The highest BCUT2D eigenvalue weighted by Gasteiger charge is 2.15. The number of carbonyl (C=O) groups is 1. The fourth-order valence-electron chi connectivity index (χ4n) is 1.65. The number of benzene rings is 1.